The van der Waals surface area contributed by atoms with Crippen molar-refractivity contribution in [3.63, 3.8) is 0 Å². The van der Waals surface area contributed by atoms with Crippen LogP contribution < -0.4 is 15.4 Å². The lowest BCUT2D eigenvalue weighted by atomic mass is 9.85. The highest BCUT2D eigenvalue weighted by atomic mass is 35.5. The van der Waals surface area contributed by atoms with Crippen LogP contribution in [0.2, 0.25) is 10.0 Å². The van der Waals surface area contributed by atoms with Crippen LogP contribution in [0.3, 0.4) is 0 Å². The summed E-state index contributed by atoms with van der Waals surface area (Å²) < 4.78 is 12.1. The number of halogens is 2. The van der Waals surface area contributed by atoms with E-state index in [0.29, 0.717) is 51.5 Å². The molecule has 2 aromatic carbocycles. The highest BCUT2D eigenvalue weighted by Gasteiger charge is 2.30. The first-order valence-corrected chi connectivity index (χ1v) is 17.6. The molecule has 12 nitrogen and oxygen atoms in total. The van der Waals surface area contributed by atoms with Gasteiger partial charge in [-0.15, -0.1) is 10.2 Å². The molecule has 0 saturated heterocycles. The van der Waals surface area contributed by atoms with E-state index >= 15 is 0 Å². The van der Waals surface area contributed by atoms with Crippen LogP contribution in [0.4, 0.5) is 10.6 Å². The maximum atomic E-state index is 13.6. The number of nitrogens with zero attached hydrogens (tertiary/aromatic N) is 8. The number of rotatable bonds is 9. The van der Waals surface area contributed by atoms with Gasteiger partial charge in [-0.3, -0.25) is 14.4 Å². The average molecular weight is 728 g/mol. The van der Waals surface area contributed by atoms with Crippen molar-refractivity contribution in [3.8, 4) is 22.8 Å². The van der Waals surface area contributed by atoms with E-state index in [-0.39, 0.29) is 23.6 Å². The molecule has 0 aliphatic heterocycles. The van der Waals surface area contributed by atoms with Gasteiger partial charge in [-0.2, -0.15) is 10.2 Å². The molecule has 4 heterocycles. The summed E-state index contributed by atoms with van der Waals surface area (Å²) >= 11 is 13.0. The van der Waals surface area contributed by atoms with Crippen molar-refractivity contribution < 1.29 is 9.53 Å². The summed E-state index contributed by atoms with van der Waals surface area (Å²) in [6.07, 6.45) is 6.69. The fourth-order valence-electron chi connectivity index (χ4n) is 6.24. The fraction of sp³-hybridized carbons (Fsp3) is 0.324. The first-order chi connectivity index (χ1) is 24.4. The van der Waals surface area contributed by atoms with Gasteiger partial charge in [0.25, 0.3) is 0 Å². The quantitative estimate of drug-likeness (QED) is 0.157. The highest BCUT2D eigenvalue weighted by molar-refractivity contribution is 6.39. The predicted molar refractivity (Wildman–Crippen MR) is 199 cm³/mol. The minimum Gasteiger partial charge on any atom is -0.484 e. The van der Waals surface area contributed by atoms with E-state index in [2.05, 4.69) is 57.7 Å². The number of hydrogen-bond donors (Lipinski definition) is 2. The molecule has 2 amide bonds. The van der Waals surface area contributed by atoms with Gasteiger partial charge in [0.1, 0.15) is 23.4 Å². The van der Waals surface area contributed by atoms with Crippen LogP contribution in [-0.4, -0.2) is 65.7 Å². The molecule has 51 heavy (non-hydrogen) atoms. The van der Waals surface area contributed by atoms with Crippen molar-refractivity contribution in [1.29, 1.82) is 0 Å². The summed E-state index contributed by atoms with van der Waals surface area (Å²) in [5.74, 6) is 1.74. The number of urea groups is 1. The molecule has 0 fully saturated rings. The number of hydrogen-bond acceptors (Lipinski definition) is 7. The largest absolute Gasteiger partial charge is 0.484 e. The number of amides is 2. The fourth-order valence-corrected chi connectivity index (χ4v) is 6.81. The molecule has 2 atom stereocenters. The Morgan fingerprint density at radius 2 is 1.75 bits per heavy atom. The van der Waals surface area contributed by atoms with Crippen LogP contribution in [0, 0.1) is 0 Å². The smallest absolute Gasteiger partial charge is 0.320 e. The minimum absolute atomic E-state index is 0.220. The van der Waals surface area contributed by atoms with Crippen molar-refractivity contribution in [2.75, 3.05) is 26.0 Å². The molecule has 1 aliphatic rings. The highest BCUT2D eigenvalue weighted by Crippen LogP contribution is 2.40. The van der Waals surface area contributed by atoms with Crippen molar-refractivity contribution in [2.24, 2.45) is 0 Å². The summed E-state index contributed by atoms with van der Waals surface area (Å²) in [4.78, 5) is 15.7. The van der Waals surface area contributed by atoms with Crippen LogP contribution in [0.5, 0.6) is 5.75 Å². The molecule has 0 saturated carbocycles. The van der Waals surface area contributed by atoms with Crippen molar-refractivity contribution in [1.82, 2.24) is 44.4 Å². The standard InChI is InChI=1S/C37H40Cl2N10O2/c1-37(2,3)31-19-33(49(45-31)23-20-40-47(21-23)18-17-46(4)5)42-36(50)41-29-14-15-30(26-10-7-6-9-25(26)29)51-24-13-16-32-43-44-35(48(32)22-24)34-27(38)11-8-12-28(34)39/h6-13,16,19-22,29-30H,14-15,17-18H2,1-5H3,(H2,41,42,50)/t29-,30+/m0/s1. The Morgan fingerprint density at radius 3 is 2.49 bits per heavy atom. The van der Waals surface area contributed by atoms with Crippen LogP contribution >= 0.6 is 23.2 Å². The Bertz CT molecular complexity index is 2180. The third-order valence-electron chi connectivity index (χ3n) is 8.94. The number of ether oxygens (including phenoxy) is 1. The Kier molecular flexibility index (Phi) is 9.49. The van der Waals surface area contributed by atoms with E-state index in [1.807, 2.05) is 72.0 Å². The first kappa shape index (κ1) is 34.5. The van der Waals surface area contributed by atoms with Crippen molar-refractivity contribution >= 4 is 40.7 Å². The monoisotopic (exact) mass is 726 g/mol. The van der Waals surface area contributed by atoms with Gasteiger partial charge in [-0.05, 0) is 62.3 Å². The SMILES string of the molecule is CN(C)CCn1cc(-n2nc(C(C)(C)C)cc2NC(=O)N[C@H]2CC[C@@H](Oc3ccc4nnc(-c5c(Cl)cccc5Cl)n4c3)c3ccccc32)cn1. The van der Waals surface area contributed by atoms with E-state index in [1.54, 1.807) is 29.1 Å². The number of anilines is 1. The predicted octanol–water partition coefficient (Wildman–Crippen LogP) is 7.72. The molecule has 6 aromatic rings. The second-order valence-electron chi connectivity index (χ2n) is 14.0. The number of carbonyl (C=O) groups is 1. The number of nitrogens with one attached hydrogen (secondary N) is 2. The average Bonchev–Trinajstić information content (AvgIpc) is 3.84. The van der Waals surface area contributed by atoms with Gasteiger partial charge >= 0.3 is 6.03 Å². The van der Waals surface area contributed by atoms with Crippen LogP contribution in [0.15, 0.2) is 79.3 Å². The molecule has 1 aliphatic carbocycles. The molecule has 4 aromatic heterocycles. The van der Waals surface area contributed by atoms with E-state index in [4.69, 9.17) is 33.0 Å². The summed E-state index contributed by atoms with van der Waals surface area (Å²) in [5.41, 5.74) is 4.66. The first-order valence-electron chi connectivity index (χ1n) is 16.8. The van der Waals surface area contributed by atoms with Crippen molar-refractivity contribution in [2.45, 2.75) is 57.7 Å². The van der Waals surface area contributed by atoms with Gasteiger partial charge in [-0.1, -0.05) is 74.3 Å². The van der Waals surface area contributed by atoms with Crippen molar-refractivity contribution in [3.05, 3.63) is 106 Å². The van der Waals surface area contributed by atoms with E-state index in [0.717, 1.165) is 35.6 Å². The molecule has 14 heteroatoms. The third-order valence-corrected chi connectivity index (χ3v) is 9.57. The van der Waals surface area contributed by atoms with Gasteiger partial charge in [0.05, 0.1) is 52.5 Å². The number of benzene rings is 2. The molecule has 0 spiro atoms. The number of carbonyl (C=O) groups excluding carboxylic acids is 1. The molecular formula is C37H40Cl2N10O2. The lowest BCUT2D eigenvalue weighted by Crippen LogP contribution is -2.36. The number of pyridine rings is 1. The van der Waals surface area contributed by atoms with Gasteiger partial charge in [0.2, 0.25) is 0 Å². The molecule has 0 radical (unpaired) electrons. The zero-order valence-electron chi connectivity index (χ0n) is 29.1. The summed E-state index contributed by atoms with van der Waals surface area (Å²) in [5, 5.41) is 25.3. The maximum Gasteiger partial charge on any atom is 0.320 e. The van der Waals surface area contributed by atoms with Crippen LogP contribution in [-0.2, 0) is 12.0 Å². The van der Waals surface area contributed by atoms with Gasteiger partial charge in [0, 0.05) is 18.0 Å². The van der Waals surface area contributed by atoms with E-state index < -0.39 is 0 Å². The number of fused-ring (bicyclic) bond motifs is 2. The normalized spacial score (nSPS) is 16.0. The summed E-state index contributed by atoms with van der Waals surface area (Å²) in [6.45, 7) is 7.88. The minimum atomic E-state index is -0.320. The third kappa shape index (κ3) is 7.30. The molecule has 0 unspecified atom stereocenters. The van der Waals surface area contributed by atoms with Gasteiger partial charge < -0.3 is 15.0 Å². The van der Waals surface area contributed by atoms with Gasteiger partial charge in [0.15, 0.2) is 11.5 Å². The van der Waals surface area contributed by atoms with E-state index in [9.17, 15) is 4.79 Å². The molecule has 7 rings (SSSR count). The lowest BCUT2D eigenvalue weighted by Gasteiger charge is -2.32. The molecular weight excluding hydrogens is 687 g/mol. The lowest BCUT2D eigenvalue weighted by molar-refractivity contribution is 0.171. The van der Waals surface area contributed by atoms with Crippen LogP contribution in [0.25, 0.3) is 22.7 Å². The molecule has 2 N–H and O–H groups in total. The molecule has 264 valence electrons. The second kappa shape index (κ2) is 14.0. The van der Waals surface area contributed by atoms with Crippen LogP contribution in [0.1, 0.15) is 62.6 Å². The zero-order valence-corrected chi connectivity index (χ0v) is 30.7. The van der Waals surface area contributed by atoms with Gasteiger partial charge in [-0.25, -0.2) is 9.48 Å². The Balaban J connectivity index is 1.09. The van der Waals surface area contributed by atoms with E-state index in [1.165, 1.54) is 0 Å². The number of aromatic nitrogens is 7. The Hall–Kier alpha value is -4.91. The number of likely N-dealkylation sites (N-methyl/N-ethyl adjacent to an activating group) is 1. The Labute approximate surface area is 306 Å². The maximum absolute atomic E-state index is 13.6. The Morgan fingerprint density at radius 1 is 0.980 bits per heavy atom. The zero-order chi connectivity index (χ0) is 35.9. The summed E-state index contributed by atoms with van der Waals surface area (Å²) in [6, 6.07) is 18.5. The topological polar surface area (TPSA) is 119 Å². The second-order valence-corrected chi connectivity index (χ2v) is 14.8. The summed E-state index contributed by atoms with van der Waals surface area (Å²) in [7, 11) is 4.06. The molecule has 0 bridgehead atoms.